The van der Waals surface area contributed by atoms with Crippen molar-refractivity contribution in [3.63, 3.8) is 0 Å². The summed E-state index contributed by atoms with van der Waals surface area (Å²) in [6.45, 7) is 12.1. The smallest absolute Gasteiger partial charge is 0.0641 e. The summed E-state index contributed by atoms with van der Waals surface area (Å²) in [5, 5.41) is 7.86. The first-order valence-electron chi connectivity index (χ1n) is 6.80. The Balaban J connectivity index is 2.14. The van der Waals surface area contributed by atoms with Crippen LogP contribution in [0.25, 0.3) is 0 Å². The molecule has 1 N–H and O–H groups in total. The predicted molar refractivity (Wildman–Crippen MR) is 74.7 cm³/mol. The highest BCUT2D eigenvalue weighted by Gasteiger charge is 2.07. The minimum atomic E-state index is 0.624. The van der Waals surface area contributed by atoms with Gasteiger partial charge in [0.1, 0.15) is 0 Å². The zero-order valence-corrected chi connectivity index (χ0v) is 12.4. The molecule has 1 aromatic heterocycles. The first kappa shape index (κ1) is 15.2. The summed E-state index contributed by atoms with van der Waals surface area (Å²) >= 11 is 0. The van der Waals surface area contributed by atoms with Gasteiger partial charge in [-0.25, -0.2) is 0 Å². The quantitative estimate of drug-likeness (QED) is 0.722. The molecule has 0 saturated heterocycles. The molecule has 4 heteroatoms. The summed E-state index contributed by atoms with van der Waals surface area (Å²) < 4.78 is 7.49. The average molecular weight is 253 g/mol. The standard InChI is InChI=1S/C14H27N3O/c1-11(2)10-18-8-6-7-15-9-14-12(3)16-17(5)13(14)4/h11,15H,6-10H2,1-5H3. The maximum absolute atomic E-state index is 5.54. The lowest BCUT2D eigenvalue weighted by molar-refractivity contribution is 0.108. The Hall–Kier alpha value is -0.870. The fraction of sp³-hybridized carbons (Fsp3) is 0.786. The maximum Gasteiger partial charge on any atom is 0.0641 e. The summed E-state index contributed by atoms with van der Waals surface area (Å²) in [5.74, 6) is 0.624. The largest absolute Gasteiger partial charge is 0.381 e. The normalized spacial score (nSPS) is 11.4. The second-order valence-electron chi connectivity index (χ2n) is 5.27. The third-order valence-electron chi connectivity index (χ3n) is 3.05. The SMILES string of the molecule is Cc1nn(C)c(C)c1CNCCCOCC(C)C. The number of hydrogen-bond acceptors (Lipinski definition) is 3. The van der Waals surface area contributed by atoms with Crippen molar-refractivity contribution in [2.45, 2.75) is 40.7 Å². The van der Waals surface area contributed by atoms with Gasteiger partial charge in [-0.05, 0) is 32.7 Å². The lowest BCUT2D eigenvalue weighted by Gasteiger charge is -2.08. The molecule has 0 amide bonds. The Morgan fingerprint density at radius 3 is 2.61 bits per heavy atom. The van der Waals surface area contributed by atoms with Gasteiger partial charge in [0, 0.05) is 38.1 Å². The average Bonchev–Trinajstić information content (AvgIpc) is 2.53. The Labute approximate surface area is 111 Å². The van der Waals surface area contributed by atoms with Crippen molar-refractivity contribution in [2.24, 2.45) is 13.0 Å². The van der Waals surface area contributed by atoms with Crippen LogP contribution < -0.4 is 5.32 Å². The summed E-state index contributed by atoms with van der Waals surface area (Å²) in [4.78, 5) is 0. The van der Waals surface area contributed by atoms with Crippen molar-refractivity contribution in [1.29, 1.82) is 0 Å². The summed E-state index contributed by atoms with van der Waals surface area (Å²) in [5.41, 5.74) is 3.69. The third kappa shape index (κ3) is 4.78. The van der Waals surface area contributed by atoms with Crippen molar-refractivity contribution >= 4 is 0 Å². The van der Waals surface area contributed by atoms with Crippen molar-refractivity contribution in [3.8, 4) is 0 Å². The summed E-state index contributed by atoms with van der Waals surface area (Å²) in [6.07, 6.45) is 1.06. The molecule has 0 fully saturated rings. The summed E-state index contributed by atoms with van der Waals surface area (Å²) in [6, 6.07) is 0. The number of hydrogen-bond donors (Lipinski definition) is 1. The van der Waals surface area contributed by atoms with Crippen molar-refractivity contribution in [3.05, 3.63) is 17.0 Å². The van der Waals surface area contributed by atoms with Gasteiger partial charge >= 0.3 is 0 Å². The molecule has 1 rings (SSSR count). The van der Waals surface area contributed by atoms with Crippen LogP contribution in [0.1, 0.15) is 37.2 Å². The van der Waals surface area contributed by atoms with E-state index >= 15 is 0 Å². The van der Waals surface area contributed by atoms with Gasteiger partial charge in [0.05, 0.1) is 5.69 Å². The van der Waals surface area contributed by atoms with E-state index in [1.165, 1.54) is 11.3 Å². The Kier molecular flexibility index (Phi) is 6.36. The van der Waals surface area contributed by atoms with Crippen LogP contribution in [0.15, 0.2) is 0 Å². The zero-order chi connectivity index (χ0) is 13.5. The molecule has 0 spiro atoms. The molecule has 18 heavy (non-hydrogen) atoms. The molecule has 0 bridgehead atoms. The van der Waals surface area contributed by atoms with Crippen LogP contribution in [0.5, 0.6) is 0 Å². The van der Waals surface area contributed by atoms with Gasteiger partial charge in [0.15, 0.2) is 0 Å². The van der Waals surface area contributed by atoms with Crippen LogP contribution in [-0.2, 0) is 18.3 Å². The molecular weight excluding hydrogens is 226 g/mol. The molecule has 0 unspecified atom stereocenters. The van der Waals surface area contributed by atoms with Gasteiger partial charge in [-0.1, -0.05) is 13.8 Å². The van der Waals surface area contributed by atoms with Crippen LogP contribution in [0.4, 0.5) is 0 Å². The highest BCUT2D eigenvalue weighted by atomic mass is 16.5. The van der Waals surface area contributed by atoms with E-state index in [0.717, 1.165) is 38.4 Å². The number of aromatic nitrogens is 2. The molecule has 0 saturated carbocycles. The second-order valence-corrected chi connectivity index (χ2v) is 5.27. The highest BCUT2D eigenvalue weighted by Crippen LogP contribution is 2.10. The van der Waals surface area contributed by atoms with Crippen LogP contribution in [0.2, 0.25) is 0 Å². The van der Waals surface area contributed by atoms with Crippen LogP contribution in [0.3, 0.4) is 0 Å². The van der Waals surface area contributed by atoms with E-state index in [1.54, 1.807) is 0 Å². The maximum atomic E-state index is 5.54. The van der Waals surface area contributed by atoms with E-state index in [-0.39, 0.29) is 0 Å². The van der Waals surface area contributed by atoms with E-state index in [1.807, 2.05) is 11.7 Å². The van der Waals surface area contributed by atoms with Gasteiger partial charge in [0.2, 0.25) is 0 Å². The van der Waals surface area contributed by atoms with E-state index in [4.69, 9.17) is 4.74 Å². The number of rotatable bonds is 8. The molecule has 0 aromatic carbocycles. The molecule has 0 atom stereocenters. The number of ether oxygens (including phenoxy) is 1. The van der Waals surface area contributed by atoms with Gasteiger partial charge < -0.3 is 10.1 Å². The predicted octanol–water partition coefficient (Wildman–Crippen LogP) is 2.19. The first-order chi connectivity index (χ1) is 8.52. The summed E-state index contributed by atoms with van der Waals surface area (Å²) in [7, 11) is 1.99. The molecule has 0 aliphatic carbocycles. The van der Waals surface area contributed by atoms with E-state index in [0.29, 0.717) is 5.92 Å². The molecule has 0 radical (unpaired) electrons. The number of aryl methyl sites for hydroxylation is 2. The van der Waals surface area contributed by atoms with Gasteiger partial charge in [-0.15, -0.1) is 0 Å². The molecule has 1 aromatic rings. The third-order valence-corrected chi connectivity index (χ3v) is 3.05. The Morgan fingerprint density at radius 1 is 1.33 bits per heavy atom. The second kappa shape index (κ2) is 7.54. The van der Waals surface area contributed by atoms with Gasteiger partial charge in [-0.3, -0.25) is 4.68 Å². The van der Waals surface area contributed by atoms with Crippen LogP contribution >= 0.6 is 0 Å². The van der Waals surface area contributed by atoms with Crippen molar-refractivity contribution < 1.29 is 4.74 Å². The molecule has 104 valence electrons. The van der Waals surface area contributed by atoms with E-state index < -0.39 is 0 Å². The Morgan fingerprint density at radius 2 is 2.06 bits per heavy atom. The fourth-order valence-electron chi connectivity index (χ4n) is 1.90. The monoisotopic (exact) mass is 253 g/mol. The lowest BCUT2D eigenvalue weighted by Crippen LogP contribution is -2.17. The molecule has 1 heterocycles. The van der Waals surface area contributed by atoms with Gasteiger partial charge in [0.25, 0.3) is 0 Å². The minimum Gasteiger partial charge on any atom is -0.381 e. The lowest BCUT2D eigenvalue weighted by atomic mass is 10.2. The topological polar surface area (TPSA) is 39.1 Å². The Bertz CT molecular complexity index is 358. The molecule has 0 aliphatic rings. The number of nitrogens with one attached hydrogen (secondary N) is 1. The fourth-order valence-corrected chi connectivity index (χ4v) is 1.90. The van der Waals surface area contributed by atoms with Crippen LogP contribution in [-0.4, -0.2) is 29.5 Å². The van der Waals surface area contributed by atoms with Crippen molar-refractivity contribution in [2.75, 3.05) is 19.8 Å². The van der Waals surface area contributed by atoms with Crippen LogP contribution in [0, 0.1) is 19.8 Å². The first-order valence-corrected chi connectivity index (χ1v) is 6.80. The highest BCUT2D eigenvalue weighted by molar-refractivity contribution is 5.23. The van der Waals surface area contributed by atoms with E-state index in [2.05, 4.69) is 38.1 Å². The van der Waals surface area contributed by atoms with Gasteiger partial charge in [-0.2, -0.15) is 5.10 Å². The van der Waals surface area contributed by atoms with E-state index in [9.17, 15) is 0 Å². The van der Waals surface area contributed by atoms with Crippen molar-refractivity contribution in [1.82, 2.24) is 15.1 Å². The molecule has 4 nitrogen and oxygen atoms in total. The molecular formula is C14H27N3O. The minimum absolute atomic E-state index is 0.624. The molecule has 0 aliphatic heterocycles. The number of nitrogens with zero attached hydrogens (tertiary/aromatic N) is 2. The zero-order valence-electron chi connectivity index (χ0n) is 12.4.